The van der Waals surface area contributed by atoms with Gasteiger partial charge in [-0.2, -0.15) is 0 Å². The fourth-order valence-electron chi connectivity index (χ4n) is 4.50. The van der Waals surface area contributed by atoms with E-state index in [0.717, 1.165) is 28.0 Å². The number of carbonyl (C=O) groups is 6. The van der Waals surface area contributed by atoms with E-state index in [0.29, 0.717) is 17.1 Å². The number of β-lactam (4-membered cyclic amide) rings is 1. The molecular weight excluding hydrogens is 759 g/mol. The average molecular weight is 798 g/mol. The lowest BCUT2D eigenvalue weighted by Crippen LogP contribution is -2.71. The maximum absolute atomic E-state index is 13.5. The van der Waals surface area contributed by atoms with Gasteiger partial charge in [0.05, 0.1) is 13.1 Å². The van der Waals surface area contributed by atoms with Crippen LogP contribution in [0.4, 0.5) is 14.7 Å². The van der Waals surface area contributed by atoms with E-state index in [9.17, 15) is 33.9 Å². The van der Waals surface area contributed by atoms with Crippen LogP contribution in [0.5, 0.6) is 0 Å². The van der Waals surface area contributed by atoms with Crippen LogP contribution >= 0.6 is 34.9 Å². The Labute approximate surface area is 315 Å². The summed E-state index contributed by atoms with van der Waals surface area (Å²) in [4.78, 5) is 84.6. The van der Waals surface area contributed by atoms with Crippen molar-refractivity contribution in [2.24, 2.45) is 5.16 Å². The summed E-state index contributed by atoms with van der Waals surface area (Å²) in [5.41, 5.74) is -1.42. The Balaban J connectivity index is 1.39. The molecule has 24 heteroatoms. The lowest BCUT2D eigenvalue weighted by molar-refractivity contribution is -0.150. The lowest BCUT2D eigenvalue weighted by Gasteiger charge is -2.49. The van der Waals surface area contributed by atoms with Crippen molar-refractivity contribution in [2.45, 2.75) is 75.9 Å². The Morgan fingerprint density at radius 1 is 1.09 bits per heavy atom. The number of hydrogen-bond acceptors (Lipinski definition) is 17. The van der Waals surface area contributed by atoms with Crippen molar-refractivity contribution in [1.82, 2.24) is 46.0 Å². The molecule has 0 radical (unpaired) electrons. The number of hydrogen-bond donors (Lipinski definition) is 5. The quantitative estimate of drug-likeness (QED) is 0.0396. The zero-order valence-corrected chi connectivity index (χ0v) is 32.0. The summed E-state index contributed by atoms with van der Waals surface area (Å²) < 4.78 is 11.8. The number of rotatable bonds is 16. The number of tetrazole rings is 1. The van der Waals surface area contributed by atoms with Crippen LogP contribution in [0.2, 0.25) is 0 Å². The second-order valence-electron chi connectivity index (χ2n) is 13.0. The molecule has 4 heterocycles. The van der Waals surface area contributed by atoms with Gasteiger partial charge in [0.1, 0.15) is 40.6 Å². The molecule has 1 saturated heterocycles. The maximum Gasteiger partial charge on any atom is 0.407 e. The molecule has 2 aliphatic heterocycles. The van der Waals surface area contributed by atoms with Crippen molar-refractivity contribution < 1.29 is 48.2 Å². The van der Waals surface area contributed by atoms with Crippen LogP contribution in [-0.2, 0) is 40.0 Å². The minimum absolute atomic E-state index is 0.0117. The van der Waals surface area contributed by atoms with Crippen LogP contribution in [0.3, 0.4) is 0 Å². The van der Waals surface area contributed by atoms with Gasteiger partial charge in [0.25, 0.3) is 11.8 Å². The van der Waals surface area contributed by atoms with E-state index in [4.69, 9.17) is 14.3 Å². The van der Waals surface area contributed by atoms with Crippen LogP contribution in [0.15, 0.2) is 27.0 Å². The molecule has 1 unspecified atom stereocenters. The molecule has 0 aliphatic carbocycles. The monoisotopic (exact) mass is 797 g/mol. The van der Waals surface area contributed by atoms with E-state index in [-0.39, 0.29) is 60.0 Å². The molecule has 2 aliphatic rings. The van der Waals surface area contributed by atoms with Crippen LogP contribution in [-0.4, -0.2) is 131 Å². The molecule has 21 nitrogen and oxygen atoms in total. The molecule has 2 aromatic heterocycles. The number of thioether (sulfide) groups is 2. The van der Waals surface area contributed by atoms with Crippen LogP contribution in [0.25, 0.3) is 0 Å². The molecule has 53 heavy (non-hydrogen) atoms. The van der Waals surface area contributed by atoms with E-state index in [1.165, 1.54) is 21.8 Å². The number of carboxylic acid groups (broad SMARTS) is 1. The first kappa shape index (κ1) is 40.8. The van der Waals surface area contributed by atoms with Crippen molar-refractivity contribution in [3.05, 3.63) is 22.3 Å². The highest BCUT2D eigenvalue weighted by Gasteiger charge is 2.54. The van der Waals surface area contributed by atoms with Gasteiger partial charge in [-0.05, 0) is 57.5 Å². The van der Waals surface area contributed by atoms with Gasteiger partial charge in [-0.1, -0.05) is 16.9 Å². The van der Waals surface area contributed by atoms with Gasteiger partial charge in [0, 0.05) is 23.4 Å². The molecule has 5 N–H and O–H groups in total. The Morgan fingerprint density at radius 3 is 2.42 bits per heavy atom. The number of ether oxygens (including phenoxy) is 2. The summed E-state index contributed by atoms with van der Waals surface area (Å²) in [7, 11) is 0. The number of carbonyl (C=O) groups excluding carboxylic acids is 5. The van der Waals surface area contributed by atoms with Gasteiger partial charge in [0.2, 0.25) is 11.6 Å². The Hall–Kier alpha value is -4.97. The number of anilines is 1. The third-order valence-electron chi connectivity index (χ3n) is 6.56. The smallest absolute Gasteiger partial charge is 0.407 e. The van der Waals surface area contributed by atoms with Gasteiger partial charge < -0.3 is 40.7 Å². The van der Waals surface area contributed by atoms with Crippen LogP contribution in [0, 0.1) is 0 Å². The molecule has 1 fully saturated rings. The van der Waals surface area contributed by atoms with Crippen molar-refractivity contribution >= 4 is 82.1 Å². The average Bonchev–Trinajstić information content (AvgIpc) is 3.71. The largest absolute Gasteiger partial charge is 0.477 e. The number of thiazole rings is 1. The van der Waals surface area contributed by atoms with E-state index in [1.807, 2.05) is 0 Å². The van der Waals surface area contributed by atoms with Gasteiger partial charge >= 0.3 is 18.2 Å². The van der Waals surface area contributed by atoms with E-state index < -0.39 is 52.6 Å². The molecule has 4 rings (SSSR count). The van der Waals surface area contributed by atoms with Crippen molar-refractivity contribution in [3.63, 3.8) is 0 Å². The third-order valence-corrected chi connectivity index (χ3v) is 9.72. The van der Waals surface area contributed by atoms with Gasteiger partial charge in [0.15, 0.2) is 10.8 Å². The summed E-state index contributed by atoms with van der Waals surface area (Å²) in [6.45, 7) is 10.6. The van der Waals surface area contributed by atoms with Crippen molar-refractivity contribution in [3.8, 4) is 0 Å². The van der Waals surface area contributed by atoms with E-state index in [2.05, 4.69) is 46.9 Å². The van der Waals surface area contributed by atoms with Crippen molar-refractivity contribution in [1.29, 1.82) is 0 Å². The molecule has 0 aromatic carbocycles. The van der Waals surface area contributed by atoms with Gasteiger partial charge in [-0.3, -0.25) is 19.3 Å². The lowest BCUT2D eigenvalue weighted by atomic mass is 10.0. The fourth-order valence-corrected chi connectivity index (χ4v) is 7.54. The molecule has 0 spiro atoms. The van der Waals surface area contributed by atoms with E-state index in [1.54, 1.807) is 41.5 Å². The van der Waals surface area contributed by atoms with Gasteiger partial charge in [-0.25, -0.2) is 24.0 Å². The molecule has 2 atom stereocenters. The number of nitrogens with zero attached hydrogens (tertiary/aromatic N) is 7. The number of fused-ring (bicyclic) bond motifs is 1. The van der Waals surface area contributed by atoms with Crippen molar-refractivity contribution in [2.75, 3.05) is 36.5 Å². The zero-order valence-electron chi connectivity index (χ0n) is 29.5. The minimum atomic E-state index is -1.32. The first-order valence-electron chi connectivity index (χ1n) is 15.9. The van der Waals surface area contributed by atoms with Gasteiger partial charge in [-0.15, -0.1) is 28.2 Å². The number of oxime groups is 1. The number of amides is 5. The highest BCUT2D eigenvalue weighted by atomic mass is 32.2. The SMILES string of the molecule is CC(C)(C)OC(=O)NCCON=C(C(=O)NC1C(=O)N2C(C(=O)O)=C(CSc3nnnn3CCNC(=O)OC(C)(C)C)CS[C@H]12)c1csc(NC=O)n1. The third kappa shape index (κ3) is 11.5. The Bertz CT molecular complexity index is 1770. The summed E-state index contributed by atoms with van der Waals surface area (Å²) >= 11 is 3.43. The predicted molar refractivity (Wildman–Crippen MR) is 191 cm³/mol. The molecule has 2 aromatic rings. The van der Waals surface area contributed by atoms with E-state index >= 15 is 0 Å². The highest BCUT2D eigenvalue weighted by Crippen LogP contribution is 2.41. The number of carboxylic acids is 1. The minimum Gasteiger partial charge on any atom is -0.477 e. The van der Waals surface area contributed by atoms with Crippen LogP contribution < -0.4 is 21.3 Å². The number of alkyl carbamates (subject to hydrolysis) is 2. The first-order chi connectivity index (χ1) is 25.0. The number of aliphatic carboxylic acids is 1. The fraction of sp³-hybridized carbons (Fsp3) is 0.552. The predicted octanol–water partition coefficient (Wildman–Crippen LogP) is 0.999. The Kier molecular flexibility index (Phi) is 13.6. The summed E-state index contributed by atoms with van der Waals surface area (Å²) in [5, 5.41) is 36.9. The summed E-state index contributed by atoms with van der Waals surface area (Å²) in [6, 6.07) is -1.11. The number of aromatic nitrogens is 5. The molecule has 5 amide bonds. The second-order valence-corrected chi connectivity index (χ2v) is 15.9. The zero-order chi connectivity index (χ0) is 38.9. The number of nitrogens with one attached hydrogen (secondary N) is 4. The summed E-state index contributed by atoms with van der Waals surface area (Å²) in [5.74, 6) is -2.46. The summed E-state index contributed by atoms with van der Waals surface area (Å²) in [6.07, 6.45) is -0.856. The van der Waals surface area contributed by atoms with Crippen LogP contribution in [0.1, 0.15) is 47.2 Å². The molecule has 288 valence electrons. The Morgan fingerprint density at radius 2 is 1.77 bits per heavy atom. The molecule has 0 saturated carbocycles. The molecule has 0 bridgehead atoms. The molecular formula is C29H39N11O10S3. The standard InChI is InChI=1S/C29H39N11O10S3/c1-28(2,3)49-26(46)30-7-9-39-25(35-37-38-39)53-12-15-11-51-22-18(21(43)40(22)19(15)23(44)45)34-20(42)17(16-13-52-24(33-16)32-14-41)36-48-10-8-31-27(47)50-29(4,5)6/h13-14,18,22H,7-12H2,1-6H3,(H,30,46)(H,31,47)(H,34,42)(H,44,45)(H,32,33,41)/t18?,22-/m1/s1. The normalized spacial score (nSPS) is 17.3. The second kappa shape index (κ2) is 17.7. The highest BCUT2D eigenvalue weighted by molar-refractivity contribution is 8.01. The maximum atomic E-state index is 13.5. The first-order valence-corrected chi connectivity index (χ1v) is 18.8. The topological polar surface area (TPSA) is 271 Å².